The van der Waals surface area contributed by atoms with Crippen LogP contribution in [0.1, 0.15) is 30.5 Å². The van der Waals surface area contributed by atoms with E-state index in [9.17, 15) is 5.11 Å². The van der Waals surface area contributed by atoms with Crippen LogP contribution in [0.25, 0.3) is 0 Å². The number of hydrogen-bond donors (Lipinski definition) is 2. The molecule has 0 bridgehead atoms. The lowest BCUT2D eigenvalue weighted by Crippen LogP contribution is -2.42. The van der Waals surface area contributed by atoms with Crippen molar-refractivity contribution in [1.29, 1.82) is 0 Å². The Labute approximate surface area is 108 Å². The first-order valence-electron chi connectivity index (χ1n) is 6.17. The fraction of sp³-hybridized carbons (Fsp3) is 0.571. The summed E-state index contributed by atoms with van der Waals surface area (Å²) in [5.74, 6) is 0. The summed E-state index contributed by atoms with van der Waals surface area (Å²) in [6, 6.07) is 8.08. The molecule has 0 aliphatic carbocycles. The van der Waals surface area contributed by atoms with Gasteiger partial charge in [-0.05, 0) is 18.1 Å². The van der Waals surface area contributed by atoms with Crippen molar-refractivity contribution in [3.05, 3.63) is 35.4 Å². The first-order valence-corrected chi connectivity index (χ1v) is 6.17. The first kappa shape index (κ1) is 13.5. The van der Waals surface area contributed by atoms with Gasteiger partial charge < -0.3 is 19.9 Å². The van der Waals surface area contributed by atoms with Gasteiger partial charge in [0.25, 0.3) is 0 Å². The number of aliphatic hydroxyl groups is 1. The smallest absolute Gasteiger partial charge is 0.159 e. The van der Waals surface area contributed by atoms with Gasteiger partial charge in [-0.3, -0.25) is 0 Å². The maximum absolute atomic E-state index is 10.7. The van der Waals surface area contributed by atoms with Gasteiger partial charge in [0, 0.05) is 27.2 Å². The monoisotopic (exact) mass is 251 g/mol. The van der Waals surface area contributed by atoms with Gasteiger partial charge in [-0.2, -0.15) is 0 Å². The van der Waals surface area contributed by atoms with E-state index in [0.717, 1.165) is 12.1 Å². The summed E-state index contributed by atoms with van der Waals surface area (Å²) in [7, 11) is 3.17. The van der Waals surface area contributed by atoms with E-state index < -0.39 is 11.9 Å². The van der Waals surface area contributed by atoms with Crippen LogP contribution in [0.2, 0.25) is 0 Å². The molecule has 100 valence electrons. The number of benzene rings is 1. The molecule has 0 saturated heterocycles. The molecular weight excluding hydrogens is 230 g/mol. The Morgan fingerprint density at radius 2 is 2.06 bits per heavy atom. The first-order chi connectivity index (χ1) is 8.58. The molecule has 1 aliphatic rings. The van der Waals surface area contributed by atoms with Crippen LogP contribution in [0, 0.1) is 0 Å². The highest BCUT2D eigenvalue weighted by molar-refractivity contribution is 5.35. The van der Waals surface area contributed by atoms with Crippen LogP contribution >= 0.6 is 0 Å². The van der Waals surface area contributed by atoms with Crippen molar-refractivity contribution in [3.8, 4) is 0 Å². The van der Waals surface area contributed by atoms with Gasteiger partial charge in [-0.1, -0.05) is 24.3 Å². The van der Waals surface area contributed by atoms with Gasteiger partial charge in [-0.15, -0.1) is 0 Å². The van der Waals surface area contributed by atoms with E-state index in [1.54, 1.807) is 14.2 Å². The number of methoxy groups -OCH3 is 2. The average Bonchev–Trinajstić information content (AvgIpc) is 2.80. The zero-order chi connectivity index (χ0) is 13.2. The molecule has 0 spiro atoms. The standard InChI is InChI=1S/C14H21NO3/c1-14(16,8-12(17-2)18-3)13-11-7-5-4-6-10(11)9-15-13/h4-7,12-13,15-16H,8-9H2,1-3H3. The summed E-state index contributed by atoms with van der Waals surface area (Å²) in [4.78, 5) is 0. The lowest BCUT2D eigenvalue weighted by molar-refractivity contribution is -0.146. The van der Waals surface area contributed by atoms with Crippen molar-refractivity contribution in [3.63, 3.8) is 0 Å². The summed E-state index contributed by atoms with van der Waals surface area (Å²) in [5.41, 5.74) is 1.49. The molecule has 2 atom stereocenters. The molecule has 2 rings (SSSR count). The second-order valence-corrected chi connectivity index (χ2v) is 4.97. The van der Waals surface area contributed by atoms with Crippen LogP contribution in [-0.2, 0) is 16.0 Å². The van der Waals surface area contributed by atoms with Crippen LogP contribution in [0.4, 0.5) is 0 Å². The molecule has 1 aromatic carbocycles. The van der Waals surface area contributed by atoms with Crippen molar-refractivity contribution < 1.29 is 14.6 Å². The Morgan fingerprint density at radius 3 is 2.72 bits per heavy atom. The molecule has 1 aliphatic heterocycles. The van der Waals surface area contributed by atoms with Crippen molar-refractivity contribution in [2.45, 2.75) is 37.8 Å². The summed E-state index contributed by atoms with van der Waals surface area (Å²) >= 11 is 0. The molecule has 0 fully saturated rings. The predicted octanol–water partition coefficient (Wildman–Crippen LogP) is 1.59. The molecule has 2 unspecified atom stereocenters. The van der Waals surface area contributed by atoms with Crippen molar-refractivity contribution in [1.82, 2.24) is 5.32 Å². The van der Waals surface area contributed by atoms with Gasteiger partial charge in [0.15, 0.2) is 6.29 Å². The molecule has 18 heavy (non-hydrogen) atoms. The van der Waals surface area contributed by atoms with Gasteiger partial charge in [0.05, 0.1) is 11.6 Å². The van der Waals surface area contributed by atoms with Gasteiger partial charge in [-0.25, -0.2) is 0 Å². The lowest BCUT2D eigenvalue weighted by atomic mass is 9.87. The van der Waals surface area contributed by atoms with E-state index in [-0.39, 0.29) is 6.04 Å². The molecule has 4 heteroatoms. The van der Waals surface area contributed by atoms with E-state index in [0.29, 0.717) is 6.42 Å². The lowest BCUT2D eigenvalue weighted by Gasteiger charge is -2.33. The Morgan fingerprint density at radius 1 is 1.39 bits per heavy atom. The minimum Gasteiger partial charge on any atom is -0.388 e. The largest absolute Gasteiger partial charge is 0.388 e. The molecule has 2 N–H and O–H groups in total. The Bertz CT molecular complexity index is 402. The fourth-order valence-corrected chi connectivity index (χ4v) is 2.57. The second kappa shape index (κ2) is 5.36. The minimum atomic E-state index is -0.913. The molecule has 1 aromatic rings. The summed E-state index contributed by atoms with van der Waals surface area (Å²) in [6.07, 6.45) is 0.0287. The number of ether oxygens (including phenoxy) is 2. The Kier molecular flexibility index (Phi) is 4.02. The zero-order valence-electron chi connectivity index (χ0n) is 11.1. The van der Waals surface area contributed by atoms with Crippen LogP contribution < -0.4 is 5.32 Å². The van der Waals surface area contributed by atoms with Crippen LogP contribution in [-0.4, -0.2) is 31.2 Å². The third-order valence-corrected chi connectivity index (χ3v) is 3.59. The summed E-state index contributed by atoms with van der Waals surface area (Å²) in [5, 5.41) is 14.0. The SMILES string of the molecule is COC(CC(C)(O)C1NCc2ccccc21)OC. The van der Waals surface area contributed by atoms with Crippen LogP contribution in [0.5, 0.6) is 0 Å². The fourth-order valence-electron chi connectivity index (χ4n) is 2.57. The quantitative estimate of drug-likeness (QED) is 0.780. The molecular formula is C14H21NO3. The molecule has 0 saturated carbocycles. The van der Waals surface area contributed by atoms with E-state index in [1.807, 2.05) is 19.1 Å². The molecule has 4 nitrogen and oxygen atoms in total. The van der Waals surface area contributed by atoms with E-state index in [4.69, 9.17) is 9.47 Å². The Hall–Kier alpha value is -0.940. The normalized spacial score (nSPS) is 21.9. The highest BCUT2D eigenvalue weighted by atomic mass is 16.7. The molecule has 0 amide bonds. The van der Waals surface area contributed by atoms with Gasteiger partial charge in [0.1, 0.15) is 0 Å². The van der Waals surface area contributed by atoms with Crippen molar-refractivity contribution >= 4 is 0 Å². The number of hydrogen-bond acceptors (Lipinski definition) is 4. The third-order valence-electron chi connectivity index (χ3n) is 3.59. The summed E-state index contributed by atoms with van der Waals surface area (Å²) < 4.78 is 10.3. The highest BCUT2D eigenvalue weighted by Gasteiger charge is 2.39. The van der Waals surface area contributed by atoms with E-state index in [2.05, 4.69) is 17.4 Å². The predicted molar refractivity (Wildman–Crippen MR) is 69.1 cm³/mol. The second-order valence-electron chi connectivity index (χ2n) is 4.97. The van der Waals surface area contributed by atoms with E-state index in [1.165, 1.54) is 5.56 Å². The molecule has 1 heterocycles. The average molecular weight is 251 g/mol. The number of rotatable bonds is 5. The van der Waals surface area contributed by atoms with Crippen LogP contribution in [0.15, 0.2) is 24.3 Å². The van der Waals surface area contributed by atoms with Crippen LogP contribution in [0.3, 0.4) is 0 Å². The maximum Gasteiger partial charge on any atom is 0.159 e. The minimum absolute atomic E-state index is 0.0819. The topological polar surface area (TPSA) is 50.7 Å². The maximum atomic E-state index is 10.7. The van der Waals surface area contributed by atoms with Crippen molar-refractivity contribution in [2.75, 3.05) is 14.2 Å². The molecule has 0 aromatic heterocycles. The number of fused-ring (bicyclic) bond motifs is 1. The zero-order valence-corrected chi connectivity index (χ0v) is 11.1. The van der Waals surface area contributed by atoms with Crippen molar-refractivity contribution in [2.24, 2.45) is 0 Å². The summed E-state index contributed by atoms with van der Waals surface area (Å²) in [6.45, 7) is 2.61. The van der Waals surface area contributed by atoms with Gasteiger partial charge >= 0.3 is 0 Å². The third kappa shape index (κ3) is 2.57. The number of nitrogens with one attached hydrogen (secondary N) is 1. The Balaban J connectivity index is 2.16. The highest BCUT2D eigenvalue weighted by Crippen LogP contribution is 2.36. The van der Waals surface area contributed by atoms with E-state index >= 15 is 0 Å². The van der Waals surface area contributed by atoms with Gasteiger partial charge in [0.2, 0.25) is 0 Å². The molecule has 0 radical (unpaired) electrons.